The van der Waals surface area contributed by atoms with Crippen molar-refractivity contribution in [1.82, 2.24) is 15.2 Å². The van der Waals surface area contributed by atoms with Gasteiger partial charge in [0.25, 0.3) is 0 Å². The summed E-state index contributed by atoms with van der Waals surface area (Å²) < 4.78 is 1.91. The van der Waals surface area contributed by atoms with Crippen LogP contribution in [0.2, 0.25) is 5.02 Å². The summed E-state index contributed by atoms with van der Waals surface area (Å²) >= 11 is 6.05. The Balaban J connectivity index is 2.96. The van der Waals surface area contributed by atoms with Crippen molar-refractivity contribution in [2.45, 2.75) is 39.3 Å². The second-order valence-corrected chi connectivity index (χ2v) is 3.64. The van der Waals surface area contributed by atoms with Gasteiger partial charge in [0, 0.05) is 6.54 Å². The molecule has 0 saturated heterocycles. The maximum atomic E-state index is 6.05. The number of hydrogen-bond acceptors (Lipinski definition) is 3. The molecule has 80 valence electrons. The van der Waals surface area contributed by atoms with Crippen molar-refractivity contribution >= 4 is 11.6 Å². The fourth-order valence-corrected chi connectivity index (χ4v) is 1.77. The van der Waals surface area contributed by atoms with Gasteiger partial charge in [0.2, 0.25) is 0 Å². The van der Waals surface area contributed by atoms with Gasteiger partial charge in [0.05, 0.1) is 23.0 Å². The van der Waals surface area contributed by atoms with Gasteiger partial charge in [-0.3, -0.25) is 16.0 Å². The van der Waals surface area contributed by atoms with E-state index >= 15 is 0 Å². The molecule has 0 aliphatic rings. The van der Waals surface area contributed by atoms with E-state index in [0.717, 1.165) is 25.1 Å². The van der Waals surface area contributed by atoms with Crippen LogP contribution in [0, 0.1) is 0 Å². The average molecular weight is 217 g/mol. The minimum absolute atomic E-state index is 0.0801. The van der Waals surface area contributed by atoms with Gasteiger partial charge in [-0.1, -0.05) is 25.4 Å². The highest BCUT2D eigenvalue weighted by atomic mass is 35.5. The smallest absolute Gasteiger partial charge is 0.0834 e. The molecule has 0 bridgehead atoms. The lowest BCUT2D eigenvalue weighted by atomic mass is 10.1. The summed E-state index contributed by atoms with van der Waals surface area (Å²) in [5, 5.41) is 4.90. The van der Waals surface area contributed by atoms with E-state index in [-0.39, 0.29) is 6.04 Å². The standard InChI is InChI=1S/C9H17ClN4/c1-3-5-14-9(7(10)6-12-14)8(4-2)13-11/h6,8,13H,3-5,11H2,1-2H3. The number of aryl methyl sites for hydroxylation is 1. The molecule has 1 aromatic heterocycles. The molecule has 1 aromatic rings. The van der Waals surface area contributed by atoms with Crippen molar-refractivity contribution < 1.29 is 0 Å². The third kappa shape index (κ3) is 2.26. The molecule has 1 unspecified atom stereocenters. The van der Waals surface area contributed by atoms with E-state index < -0.39 is 0 Å². The first kappa shape index (κ1) is 11.5. The molecule has 3 N–H and O–H groups in total. The Bertz CT molecular complexity index is 280. The summed E-state index contributed by atoms with van der Waals surface area (Å²) in [4.78, 5) is 0. The van der Waals surface area contributed by atoms with E-state index in [1.807, 2.05) is 4.68 Å². The molecule has 1 atom stereocenters. The van der Waals surface area contributed by atoms with Crippen molar-refractivity contribution in [3.63, 3.8) is 0 Å². The largest absolute Gasteiger partial charge is 0.271 e. The molecule has 0 radical (unpaired) electrons. The molecule has 0 aromatic carbocycles. The van der Waals surface area contributed by atoms with E-state index in [0.29, 0.717) is 5.02 Å². The Labute approximate surface area is 89.4 Å². The Morgan fingerprint density at radius 2 is 2.36 bits per heavy atom. The molecule has 1 rings (SSSR count). The van der Waals surface area contributed by atoms with Gasteiger partial charge in [0.1, 0.15) is 0 Å². The highest BCUT2D eigenvalue weighted by Crippen LogP contribution is 2.24. The molecular weight excluding hydrogens is 200 g/mol. The minimum atomic E-state index is 0.0801. The summed E-state index contributed by atoms with van der Waals surface area (Å²) in [5.41, 5.74) is 3.73. The van der Waals surface area contributed by atoms with Crippen LogP contribution in [0.15, 0.2) is 6.20 Å². The number of hydrogen-bond donors (Lipinski definition) is 2. The highest BCUT2D eigenvalue weighted by Gasteiger charge is 2.16. The maximum absolute atomic E-state index is 6.05. The highest BCUT2D eigenvalue weighted by molar-refractivity contribution is 6.31. The first-order valence-corrected chi connectivity index (χ1v) is 5.29. The molecular formula is C9H17ClN4. The van der Waals surface area contributed by atoms with Gasteiger partial charge in [0.15, 0.2) is 0 Å². The fraction of sp³-hybridized carbons (Fsp3) is 0.667. The predicted octanol–water partition coefficient (Wildman–Crippen LogP) is 1.86. The van der Waals surface area contributed by atoms with Crippen molar-refractivity contribution in [3.8, 4) is 0 Å². The molecule has 0 fully saturated rings. The molecule has 4 nitrogen and oxygen atoms in total. The second-order valence-electron chi connectivity index (χ2n) is 3.23. The third-order valence-electron chi connectivity index (χ3n) is 2.21. The van der Waals surface area contributed by atoms with Crippen LogP contribution >= 0.6 is 11.6 Å². The van der Waals surface area contributed by atoms with Crippen LogP contribution in [0.4, 0.5) is 0 Å². The molecule has 14 heavy (non-hydrogen) atoms. The lowest BCUT2D eigenvalue weighted by molar-refractivity contribution is 0.471. The first-order chi connectivity index (χ1) is 6.74. The Kier molecular flexibility index (Phi) is 4.38. The van der Waals surface area contributed by atoms with Crippen LogP contribution in [-0.4, -0.2) is 9.78 Å². The zero-order valence-electron chi connectivity index (χ0n) is 8.63. The van der Waals surface area contributed by atoms with E-state index in [4.69, 9.17) is 17.4 Å². The average Bonchev–Trinajstić information content (AvgIpc) is 2.53. The quantitative estimate of drug-likeness (QED) is 0.584. The van der Waals surface area contributed by atoms with Crippen LogP contribution in [0.3, 0.4) is 0 Å². The molecule has 5 heteroatoms. The van der Waals surface area contributed by atoms with Crippen molar-refractivity contribution in [1.29, 1.82) is 0 Å². The monoisotopic (exact) mass is 216 g/mol. The van der Waals surface area contributed by atoms with Gasteiger partial charge >= 0.3 is 0 Å². The number of halogens is 1. The van der Waals surface area contributed by atoms with Gasteiger partial charge in [-0.25, -0.2) is 0 Å². The topological polar surface area (TPSA) is 55.9 Å². The molecule has 0 spiro atoms. The summed E-state index contributed by atoms with van der Waals surface area (Å²) in [7, 11) is 0. The number of aromatic nitrogens is 2. The molecule has 0 aliphatic carbocycles. The fourth-order valence-electron chi connectivity index (χ4n) is 1.50. The van der Waals surface area contributed by atoms with Crippen LogP contribution in [0.25, 0.3) is 0 Å². The zero-order valence-corrected chi connectivity index (χ0v) is 9.38. The molecule has 1 heterocycles. The van der Waals surface area contributed by atoms with E-state index in [2.05, 4.69) is 24.4 Å². The van der Waals surface area contributed by atoms with E-state index in [1.54, 1.807) is 6.20 Å². The van der Waals surface area contributed by atoms with Crippen molar-refractivity contribution in [2.24, 2.45) is 5.84 Å². The van der Waals surface area contributed by atoms with Gasteiger partial charge in [-0.15, -0.1) is 0 Å². The summed E-state index contributed by atoms with van der Waals surface area (Å²) in [6.07, 6.45) is 3.60. The predicted molar refractivity (Wildman–Crippen MR) is 57.9 cm³/mol. The minimum Gasteiger partial charge on any atom is -0.271 e. The normalized spacial score (nSPS) is 13.1. The van der Waals surface area contributed by atoms with E-state index in [1.165, 1.54) is 0 Å². The number of nitrogens with one attached hydrogen (secondary N) is 1. The Morgan fingerprint density at radius 1 is 1.64 bits per heavy atom. The van der Waals surface area contributed by atoms with Crippen LogP contribution in [-0.2, 0) is 6.54 Å². The second kappa shape index (κ2) is 5.34. The Morgan fingerprint density at radius 3 is 2.86 bits per heavy atom. The number of rotatable bonds is 5. The molecule has 0 amide bonds. The van der Waals surface area contributed by atoms with E-state index in [9.17, 15) is 0 Å². The number of hydrazine groups is 1. The lowest BCUT2D eigenvalue weighted by Gasteiger charge is -2.16. The third-order valence-corrected chi connectivity index (χ3v) is 2.50. The lowest BCUT2D eigenvalue weighted by Crippen LogP contribution is -2.29. The van der Waals surface area contributed by atoms with Crippen LogP contribution in [0.5, 0.6) is 0 Å². The van der Waals surface area contributed by atoms with Crippen LogP contribution < -0.4 is 11.3 Å². The summed E-state index contributed by atoms with van der Waals surface area (Å²) in [6, 6.07) is 0.0801. The van der Waals surface area contributed by atoms with Crippen molar-refractivity contribution in [3.05, 3.63) is 16.9 Å². The molecule has 0 aliphatic heterocycles. The SMILES string of the molecule is CCCn1ncc(Cl)c1C(CC)NN. The van der Waals surface area contributed by atoms with Gasteiger partial charge in [-0.05, 0) is 12.8 Å². The number of nitrogens with zero attached hydrogens (tertiary/aromatic N) is 2. The summed E-state index contributed by atoms with van der Waals surface area (Å²) in [6.45, 7) is 5.04. The Hall–Kier alpha value is -0.580. The maximum Gasteiger partial charge on any atom is 0.0834 e. The first-order valence-electron chi connectivity index (χ1n) is 4.91. The van der Waals surface area contributed by atoms with Gasteiger partial charge < -0.3 is 0 Å². The summed E-state index contributed by atoms with van der Waals surface area (Å²) in [5.74, 6) is 5.46. The number of nitrogens with two attached hydrogens (primary N) is 1. The van der Waals surface area contributed by atoms with Gasteiger partial charge in [-0.2, -0.15) is 5.10 Å². The van der Waals surface area contributed by atoms with Crippen molar-refractivity contribution in [2.75, 3.05) is 0 Å². The van der Waals surface area contributed by atoms with Crippen LogP contribution in [0.1, 0.15) is 38.4 Å². The molecule has 0 saturated carbocycles. The zero-order chi connectivity index (χ0) is 10.6.